The molecule has 0 bridgehead atoms. The molecule has 1 aromatic carbocycles. The number of aromatic nitrogens is 4. The average molecular weight is 275 g/mol. The normalized spacial score (nSPS) is 11.1. The monoisotopic (exact) mass is 274 g/mol. The van der Waals surface area contributed by atoms with Crippen LogP contribution >= 0.6 is 11.6 Å². The van der Waals surface area contributed by atoms with Crippen molar-refractivity contribution in [2.45, 2.75) is 13.5 Å². The van der Waals surface area contributed by atoms with Gasteiger partial charge in [0, 0.05) is 5.69 Å². The van der Waals surface area contributed by atoms with Crippen LogP contribution < -0.4 is 0 Å². The molecule has 5 nitrogen and oxygen atoms in total. The fourth-order valence-electron chi connectivity index (χ4n) is 1.96. The first-order valence-corrected chi connectivity index (χ1v) is 6.14. The smallest absolute Gasteiger partial charge is 0.169 e. The minimum absolute atomic E-state index is 0.00472. The van der Waals surface area contributed by atoms with Gasteiger partial charge in [-0.25, -0.2) is 15.0 Å². The van der Waals surface area contributed by atoms with Gasteiger partial charge in [-0.3, -0.25) is 4.57 Å². The lowest BCUT2D eigenvalue weighted by molar-refractivity contribution is 0.282. The van der Waals surface area contributed by atoms with Gasteiger partial charge in [-0.05, 0) is 24.6 Å². The van der Waals surface area contributed by atoms with Crippen molar-refractivity contribution in [1.82, 2.24) is 19.5 Å². The summed E-state index contributed by atoms with van der Waals surface area (Å²) in [6.07, 6.45) is 1.65. The van der Waals surface area contributed by atoms with E-state index < -0.39 is 0 Å². The third-order valence-electron chi connectivity index (χ3n) is 2.84. The molecule has 0 saturated heterocycles. The van der Waals surface area contributed by atoms with E-state index in [1.54, 1.807) is 13.3 Å². The van der Waals surface area contributed by atoms with Gasteiger partial charge in [0.1, 0.15) is 17.7 Å². The Labute approximate surface area is 114 Å². The van der Waals surface area contributed by atoms with Crippen molar-refractivity contribution in [3.8, 4) is 5.69 Å². The van der Waals surface area contributed by atoms with Crippen LogP contribution in [0, 0.1) is 6.92 Å². The second-order valence-corrected chi connectivity index (χ2v) is 4.53. The van der Waals surface area contributed by atoms with Gasteiger partial charge in [0.05, 0.1) is 6.61 Å². The van der Waals surface area contributed by atoms with Gasteiger partial charge in [0.15, 0.2) is 10.8 Å². The molecule has 19 heavy (non-hydrogen) atoms. The molecule has 0 amide bonds. The molecule has 2 heterocycles. The van der Waals surface area contributed by atoms with E-state index in [0.717, 1.165) is 11.3 Å². The maximum Gasteiger partial charge on any atom is 0.169 e. The fourth-order valence-corrected chi connectivity index (χ4v) is 2.22. The van der Waals surface area contributed by atoms with Crippen LogP contribution in [0.1, 0.15) is 11.4 Å². The van der Waals surface area contributed by atoms with Crippen LogP contribution in [-0.4, -0.2) is 24.6 Å². The zero-order valence-electron chi connectivity index (χ0n) is 10.2. The summed E-state index contributed by atoms with van der Waals surface area (Å²) >= 11 is 6.05. The van der Waals surface area contributed by atoms with Crippen molar-refractivity contribution >= 4 is 22.8 Å². The summed E-state index contributed by atoms with van der Waals surface area (Å²) in [6, 6.07) is 7.54. The molecule has 2 aromatic heterocycles. The van der Waals surface area contributed by atoms with Gasteiger partial charge in [-0.15, -0.1) is 0 Å². The maximum atomic E-state index is 9.19. The molecule has 0 fully saturated rings. The molecule has 0 aliphatic heterocycles. The highest BCUT2D eigenvalue weighted by atomic mass is 35.5. The number of hydrogen-bond donors (Lipinski definition) is 1. The molecular formula is C13H11ClN4O. The molecule has 0 saturated carbocycles. The molecule has 0 atom stereocenters. The van der Waals surface area contributed by atoms with Gasteiger partial charge >= 0.3 is 0 Å². The van der Waals surface area contributed by atoms with E-state index in [9.17, 15) is 5.11 Å². The van der Waals surface area contributed by atoms with E-state index in [4.69, 9.17) is 11.6 Å². The average Bonchev–Trinajstić information content (AvgIpc) is 2.82. The molecule has 3 rings (SSSR count). The van der Waals surface area contributed by atoms with Gasteiger partial charge in [0.2, 0.25) is 0 Å². The molecular weight excluding hydrogens is 264 g/mol. The van der Waals surface area contributed by atoms with Crippen LogP contribution in [-0.2, 0) is 6.61 Å². The third-order valence-corrected chi connectivity index (χ3v) is 3.10. The first-order chi connectivity index (χ1) is 9.19. The number of aryl methyl sites for hydroxylation is 1. The standard InChI is InChI=1S/C13H11ClN4O/c1-8-16-12(14)11-13(17-8)18(7-15-11)10-4-2-3-9(5-10)6-19/h2-5,7,19H,6H2,1H3. The minimum Gasteiger partial charge on any atom is -0.392 e. The summed E-state index contributed by atoms with van der Waals surface area (Å²) in [7, 11) is 0. The minimum atomic E-state index is -0.00472. The number of imidazole rings is 1. The summed E-state index contributed by atoms with van der Waals surface area (Å²) in [4.78, 5) is 12.7. The number of fused-ring (bicyclic) bond motifs is 1. The Balaban J connectivity index is 2.25. The molecule has 96 valence electrons. The molecule has 1 N–H and O–H groups in total. The summed E-state index contributed by atoms with van der Waals surface area (Å²) < 4.78 is 1.83. The molecule has 0 radical (unpaired) electrons. The first-order valence-electron chi connectivity index (χ1n) is 5.76. The number of halogens is 1. The van der Waals surface area contributed by atoms with Crippen LogP contribution in [0.15, 0.2) is 30.6 Å². The highest BCUT2D eigenvalue weighted by Crippen LogP contribution is 2.22. The van der Waals surface area contributed by atoms with Crippen LogP contribution in [0.2, 0.25) is 5.15 Å². The third kappa shape index (κ3) is 2.07. The van der Waals surface area contributed by atoms with Gasteiger partial charge in [0.25, 0.3) is 0 Å². The lowest BCUT2D eigenvalue weighted by Crippen LogP contribution is -1.97. The fraction of sp³-hybridized carbons (Fsp3) is 0.154. The van der Waals surface area contributed by atoms with Gasteiger partial charge < -0.3 is 5.11 Å². The predicted octanol–water partition coefficient (Wildman–Crippen LogP) is 2.27. The highest BCUT2D eigenvalue weighted by molar-refractivity contribution is 6.33. The van der Waals surface area contributed by atoms with Crippen LogP contribution in [0.3, 0.4) is 0 Å². The first kappa shape index (κ1) is 12.1. The molecule has 0 aliphatic rings. The second kappa shape index (κ2) is 4.60. The van der Waals surface area contributed by atoms with Crippen LogP contribution in [0.5, 0.6) is 0 Å². The zero-order valence-corrected chi connectivity index (χ0v) is 11.0. The SMILES string of the molecule is Cc1nc(Cl)c2ncn(-c3cccc(CO)c3)c2n1. The maximum absolute atomic E-state index is 9.19. The number of aliphatic hydroxyl groups is 1. The number of rotatable bonds is 2. The van der Waals surface area contributed by atoms with Crippen LogP contribution in [0.4, 0.5) is 0 Å². The topological polar surface area (TPSA) is 63.8 Å². The van der Waals surface area contributed by atoms with E-state index >= 15 is 0 Å². The molecule has 0 unspecified atom stereocenters. The Hall–Kier alpha value is -1.98. The van der Waals surface area contributed by atoms with E-state index in [-0.39, 0.29) is 6.61 Å². The largest absolute Gasteiger partial charge is 0.392 e. The van der Waals surface area contributed by atoms with Crippen molar-refractivity contribution in [3.05, 3.63) is 47.1 Å². The Kier molecular flexibility index (Phi) is 2.93. The number of nitrogens with zero attached hydrogens (tertiary/aromatic N) is 4. The highest BCUT2D eigenvalue weighted by Gasteiger charge is 2.11. The molecule has 0 spiro atoms. The summed E-state index contributed by atoms with van der Waals surface area (Å²) in [5, 5.41) is 9.54. The van der Waals surface area contributed by atoms with E-state index in [2.05, 4.69) is 15.0 Å². The molecule has 3 aromatic rings. The van der Waals surface area contributed by atoms with Gasteiger partial charge in [-0.1, -0.05) is 23.7 Å². The van der Waals surface area contributed by atoms with E-state index in [1.807, 2.05) is 28.8 Å². The van der Waals surface area contributed by atoms with Crippen LogP contribution in [0.25, 0.3) is 16.9 Å². The number of hydrogen-bond acceptors (Lipinski definition) is 4. The molecule has 6 heteroatoms. The van der Waals surface area contributed by atoms with Crippen molar-refractivity contribution in [2.75, 3.05) is 0 Å². The summed E-state index contributed by atoms with van der Waals surface area (Å²) in [6.45, 7) is 1.78. The summed E-state index contributed by atoms with van der Waals surface area (Å²) in [5.74, 6) is 0.595. The Morgan fingerprint density at radius 3 is 2.95 bits per heavy atom. The quantitative estimate of drug-likeness (QED) is 0.728. The Bertz CT molecular complexity index is 753. The van der Waals surface area contributed by atoms with E-state index in [1.165, 1.54) is 0 Å². The lowest BCUT2D eigenvalue weighted by atomic mass is 10.2. The Morgan fingerprint density at radius 1 is 1.32 bits per heavy atom. The zero-order chi connectivity index (χ0) is 13.4. The van der Waals surface area contributed by atoms with Gasteiger partial charge in [-0.2, -0.15) is 0 Å². The number of benzene rings is 1. The van der Waals surface area contributed by atoms with E-state index in [0.29, 0.717) is 22.1 Å². The van der Waals surface area contributed by atoms with Crippen molar-refractivity contribution in [3.63, 3.8) is 0 Å². The Morgan fingerprint density at radius 2 is 2.16 bits per heavy atom. The number of aliphatic hydroxyl groups excluding tert-OH is 1. The lowest BCUT2D eigenvalue weighted by Gasteiger charge is -2.05. The molecule has 0 aliphatic carbocycles. The van der Waals surface area contributed by atoms with Crippen molar-refractivity contribution < 1.29 is 5.11 Å². The second-order valence-electron chi connectivity index (χ2n) is 4.18. The predicted molar refractivity (Wildman–Crippen MR) is 72.3 cm³/mol. The summed E-state index contributed by atoms with van der Waals surface area (Å²) in [5.41, 5.74) is 2.94. The van der Waals surface area contributed by atoms with Crippen molar-refractivity contribution in [2.24, 2.45) is 0 Å². The van der Waals surface area contributed by atoms with Crippen molar-refractivity contribution in [1.29, 1.82) is 0 Å².